The van der Waals surface area contributed by atoms with Gasteiger partial charge < -0.3 is 15.1 Å². The standard InChI is InChI=1S/C21H29N3O2/c1-21(2,3)22-20(26)24-11-6-9-16-18(24)13-17-15-8-5-4-7-14(15)10-12-23(17)19(16)25/h4-5,7-8,16-18H,6,9-13H2,1-3H3,(H,22,26). The normalized spacial score (nSPS) is 28.1. The highest BCUT2D eigenvalue weighted by atomic mass is 16.2. The molecule has 1 N–H and O–H groups in total. The summed E-state index contributed by atoms with van der Waals surface area (Å²) in [6, 6.07) is 8.55. The molecule has 140 valence electrons. The third-order valence-electron chi connectivity index (χ3n) is 6.00. The Morgan fingerprint density at radius 2 is 1.96 bits per heavy atom. The van der Waals surface area contributed by atoms with Crippen molar-refractivity contribution < 1.29 is 9.59 Å². The van der Waals surface area contributed by atoms with Gasteiger partial charge in [-0.15, -0.1) is 0 Å². The number of rotatable bonds is 0. The van der Waals surface area contributed by atoms with Gasteiger partial charge in [-0.05, 0) is 57.6 Å². The Labute approximate surface area is 155 Å². The summed E-state index contributed by atoms with van der Waals surface area (Å²) in [5.74, 6) is 0.199. The predicted molar refractivity (Wildman–Crippen MR) is 101 cm³/mol. The number of piperidine rings is 2. The van der Waals surface area contributed by atoms with Gasteiger partial charge in [0.1, 0.15) is 0 Å². The number of nitrogens with one attached hydrogen (secondary N) is 1. The topological polar surface area (TPSA) is 52.7 Å². The molecular formula is C21H29N3O2. The molecule has 3 unspecified atom stereocenters. The predicted octanol–water partition coefficient (Wildman–Crippen LogP) is 3.10. The van der Waals surface area contributed by atoms with Crippen molar-refractivity contribution in [1.29, 1.82) is 0 Å². The molecule has 4 rings (SSSR count). The van der Waals surface area contributed by atoms with Crippen molar-refractivity contribution in [2.45, 2.75) is 64.1 Å². The van der Waals surface area contributed by atoms with Gasteiger partial charge in [0, 0.05) is 24.7 Å². The molecule has 1 aromatic rings. The van der Waals surface area contributed by atoms with Gasteiger partial charge in [0.05, 0.1) is 12.0 Å². The smallest absolute Gasteiger partial charge is 0.318 e. The summed E-state index contributed by atoms with van der Waals surface area (Å²) in [4.78, 5) is 30.1. The molecule has 26 heavy (non-hydrogen) atoms. The van der Waals surface area contributed by atoms with Gasteiger partial charge in [-0.3, -0.25) is 4.79 Å². The van der Waals surface area contributed by atoms with E-state index in [-0.39, 0.29) is 35.5 Å². The summed E-state index contributed by atoms with van der Waals surface area (Å²) >= 11 is 0. The van der Waals surface area contributed by atoms with Crippen LogP contribution in [0.3, 0.4) is 0 Å². The Morgan fingerprint density at radius 1 is 1.19 bits per heavy atom. The van der Waals surface area contributed by atoms with Crippen LogP contribution in [0.5, 0.6) is 0 Å². The number of carbonyl (C=O) groups is 2. The number of benzene rings is 1. The van der Waals surface area contributed by atoms with Crippen LogP contribution in [0.2, 0.25) is 0 Å². The van der Waals surface area contributed by atoms with Crippen molar-refractivity contribution in [3.05, 3.63) is 35.4 Å². The van der Waals surface area contributed by atoms with Crippen LogP contribution in [0.4, 0.5) is 4.79 Å². The van der Waals surface area contributed by atoms with Crippen molar-refractivity contribution in [1.82, 2.24) is 15.1 Å². The largest absolute Gasteiger partial charge is 0.335 e. The lowest BCUT2D eigenvalue weighted by Gasteiger charge is -2.51. The number of nitrogens with zero attached hydrogens (tertiary/aromatic N) is 2. The first-order valence-electron chi connectivity index (χ1n) is 9.82. The van der Waals surface area contributed by atoms with E-state index < -0.39 is 0 Å². The van der Waals surface area contributed by atoms with E-state index in [9.17, 15) is 9.59 Å². The number of carbonyl (C=O) groups excluding carboxylic acids is 2. The monoisotopic (exact) mass is 355 g/mol. The van der Waals surface area contributed by atoms with E-state index in [1.807, 2.05) is 25.7 Å². The number of urea groups is 1. The van der Waals surface area contributed by atoms with Gasteiger partial charge in [0.15, 0.2) is 0 Å². The van der Waals surface area contributed by atoms with Gasteiger partial charge >= 0.3 is 6.03 Å². The second kappa shape index (κ2) is 6.29. The highest BCUT2D eigenvalue weighted by Crippen LogP contribution is 2.43. The summed E-state index contributed by atoms with van der Waals surface area (Å²) in [5, 5.41) is 3.09. The summed E-state index contributed by atoms with van der Waals surface area (Å²) < 4.78 is 0. The maximum Gasteiger partial charge on any atom is 0.318 e. The highest BCUT2D eigenvalue weighted by molar-refractivity contribution is 5.83. The Morgan fingerprint density at radius 3 is 2.73 bits per heavy atom. The van der Waals surface area contributed by atoms with E-state index in [4.69, 9.17) is 0 Å². The molecule has 5 nitrogen and oxygen atoms in total. The molecule has 2 fully saturated rings. The van der Waals surface area contributed by atoms with Crippen LogP contribution in [-0.4, -0.2) is 46.4 Å². The fourth-order valence-corrected chi connectivity index (χ4v) is 4.89. The second-order valence-electron chi connectivity index (χ2n) is 8.92. The minimum Gasteiger partial charge on any atom is -0.335 e. The molecule has 0 aromatic heterocycles. The lowest BCUT2D eigenvalue weighted by molar-refractivity contribution is -0.148. The molecule has 3 amide bonds. The number of hydrogen-bond acceptors (Lipinski definition) is 2. The van der Waals surface area contributed by atoms with Crippen LogP contribution in [0.25, 0.3) is 0 Å². The number of likely N-dealkylation sites (tertiary alicyclic amines) is 1. The van der Waals surface area contributed by atoms with E-state index in [1.165, 1.54) is 11.1 Å². The van der Waals surface area contributed by atoms with Crippen molar-refractivity contribution in [3.63, 3.8) is 0 Å². The molecule has 3 aliphatic heterocycles. The summed E-state index contributed by atoms with van der Waals surface area (Å²) in [7, 11) is 0. The number of hydrogen-bond donors (Lipinski definition) is 1. The number of fused-ring (bicyclic) bond motifs is 4. The zero-order valence-electron chi connectivity index (χ0n) is 16.0. The first-order valence-corrected chi connectivity index (χ1v) is 9.82. The Bertz CT molecular complexity index is 724. The minimum absolute atomic E-state index is 0.00556. The molecule has 3 atom stereocenters. The zero-order chi connectivity index (χ0) is 18.5. The molecule has 2 saturated heterocycles. The summed E-state index contributed by atoms with van der Waals surface area (Å²) in [6.07, 6.45) is 3.59. The molecule has 0 bridgehead atoms. The molecule has 3 heterocycles. The van der Waals surface area contributed by atoms with Gasteiger partial charge in [0.25, 0.3) is 0 Å². The summed E-state index contributed by atoms with van der Waals surface area (Å²) in [6.45, 7) is 7.54. The van der Waals surface area contributed by atoms with Crippen molar-refractivity contribution >= 4 is 11.9 Å². The lowest BCUT2D eigenvalue weighted by Crippen LogP contribution is -2.62. The zero-order valence-corrected chi connectivity index (χ0v) is 16.0. The SMILES string of the molecule is CC(C)(C)NC(=O)N1CCCC2C(=O)N3CCc4ccccc4C3CC21. The van der Waals surface area contributed by atoms with Gasteiger partial charge in [-0.25, -0.2) is 4.79 Å². The fourth-order valence-electron chi connectivity index (χ4n) is 4.89. The van der Waals surface area contributed by atoms with Crippen LogP contribution in [0.1, 0.15) is 57.2 Å². The molecular weight excluding hydrogens is 326 g/mol. The third kappa shape index (κ3) is 2.97. The van der Waals surface area contributed by atoms with Crippen LogP contribution >= 0.6 is 0 Å². The highest BCUT2D eigenvalue weighted by Gasteiger charge is 2.48. The van der Waals surface area contributed by atoms with E-state index in [2.05, 4.69) is 34.5 Å². The van der Waals surface area contributed by atoms with E-state index in [0.29, 0.717) is 0 Å². The molecule has 0 saturated carbocycles. The van der Waals surface area contributed by atoms with Crippen LogP contribution in [0.15, 0.2) is 24.3 Å². The first kappa shape index (κ1) is 17.4. The Kier molecular flexibility index (Phi) is 4.20. The number of amides is 3. The van der Waals surface area contributed by atoms with Crippen LogP contribution < -0.4 is 5.32 Å². The third-order valence-corrected chi connectivity index (χ3v) is 6.00. The molecule has 1 aromatic carbocycles. The molecule has 0 aliphatic carbocycles. The van der Waals surface area contributed by atoms with Crippen LogP contribution in [0, 0.1) is 5.92 Å². The van der Waals surface area contributed by atoms with E-state index in [1.54, 1.807) is 0 Å². The van der Waals surface area contributed by atoms with Crippen molar-refractivity contribution in [2.75, 3.05) is 13.1 Å². The average Bonchev–Trinajstić information content (AvgIpc) is 2.60. The van der Waals surface area contributed by atoms with Gasteiger partial charge in [0.2, 0.25) is 5.91 Å². The van der Waals surface area contributed by atoms with Crippen molar-refractivity contribution in [2.24, 2.45) is 5.92 Å². The van der Waals surface area contributed by atoms with Crippen molar-refractivity contribution in [3.8, 4) is 0 Å². The average molecular weight is 355 g/mol. The Balaban J connectivity index is 1.63. The fraction of sp³-hybridized carbons (Fsp3) is 0.619. The molecule has 0 radical (unpaired) electrons. The molecule has 3 aliphatic rings. The maximum absolute atomic E-state index is 13.2. The first-order chi connectivity index (χ1) is 12.3. The molecule has 5 heteroatoms. The van der Waals surface area contributed by atoms with Gasteiger partial charge in [-0.1, -0.05) is 24.3 Å². The van der Waals surface area contributed by atoms with Crippen LogP contribution in [-0.2, 0) is 11.2 Å². The lowest BCUT2D eigenvalue weighted by atomic mass is 9.76. The maximum atomic E-state index is 13.2. The summed E-state index contributed by atoms with van der Waals surface area (Å²) in [5.41, 5.74) is 2.35. The minimum atomic E-state index is -0.272. The second-order valence-corrected chi connectivity index (χ2v) is 8.92. The Hall–Kier alpha value is -2.04. The van der Waals surface area contributed by atoms with E-state index in [0.717, 1.165) is 38.8 Å². The molecule has 0 spiro atoms. The van der Waals surface area contributed by atoms with E-state index >= 15 is 0 Å². The quantitative estimate of drug-likeness (QED) is 0.777. The van der Waals surface area contributed by atoms with Gasteiger partial charge in [-0.2, -0.15) is 0 Å².